The molecule has 1 aromatic rings. The zero-order chi connectivity index (χ0) is 11.7. The van der Waals surface area contributed by atoms with Gasteiger partial charge in [0.25, 0.3) is 0 Å². The lowest BCUT2D eigenvalue weighted by atomic mass is 10.1. The number of hydrogen-bond acceptors (Lipinski definition) is 2. The number of rotatable bonds is 3. The van der Waals surface area contributed by atoms with Crippen LogP contribution in [-0.2, 0) is 9.63 Å². The zero-order valence-corrected chi connectivity index (χ0v) is 10.2. The minimum atomic E-state index is -0.0986. The summed E-state index contributed by atoms with van der Waals surface area (Å²) < 4.78 is 0. The highest BCUT2D eigenvalue weighted by Gasteiger charge is 2.44. The lowest BCUT2D eigenvalue weighted by Crippen LogP contribution is -2.23. The minimum absolute atomic E-state index is 0.0429. The van der Waals surface area contributed by atoms with Crippen LogP contribution >= 0.6 is 23.2 Å². The van der Waals surface area contributed by atoms with E-state index in [0.717, 1.165) is 12.0 Å². The molecule has 0 saturated heterocycles. The van der Waals surface area contributed by atoms with Gasteiger partial charge in [0.15, 0.2) is 0 Å². The lowest BCUT2D eigenvalue weighted by molar-refractivity contribution is -0.132. The van der Waals surface area contributed by atoms with Crippen LogP contribution in [-0.4, -0.2) is 13.0 Å². The normalized spacial score (nSPS) is 22.9. The number of hydroxylamine groups is 1. The maximum Gasteiger partial charge on any atom is 0.247 e. The molecule has 0 aromatic heterocycles. The average Bonchev–Trinajstić information content (AvgIpc) is 2.98. The van der Waals surface area contributed by atoms with Crippen LogP contribution in [0.3, 0.4) is 0 Å². The van der Waals surface area contributed by atoms with Crippen molar-refractivity contribution in [3.8, 4) is 0 Å². The standard InChI is InChI=1S/C11H11Cl2NO2/c1-16-14-11(15)9-5-8(9)7-3-2-6(12)4-10(7)13/h2-4,8-9H,5H2,1H3,(H,14,15). The van der Waals surface area contributed by atoms with Crippen LogP contribution in [0.4, 0.5) is 0 Å². The second-order valence-corrected chi connectivity index (χ2v) is 4.63. The molecule has 0 bridgehead atoms. The van der Waals surface area contributed by atoms with Crippen LogP contribution in [0.2, 0.25) is 10.0 Å². The maximum absolute atomic E-state index is 11.5. The summed E-state index contributed by atoms with van der Waals surface area (Å²) >= 11 is 11.9. The van der Waals surface area contributed by atoms with Crippen molar-refractivity contribution in [3.05, 3.63) is 33.8 Å². The summed E-state index contributed by atoms with van der Waals surface area (Å²) in [6, 6.07) is 5.35. The Morgan fingerprint density at radius 2 is 2.25 bits per heavy atom. The maximum atomic E-state index is 11.5. The van der Waals surface area contributed by atoms with Crippen LogP contribution in [0.15, 0.2) is 18.2 Å². The van der Waals surface area contributed by atoms with E-state index in [0.29, 0.717) is 10.0 Å². The molecule has 2 unspecified atom stereocenters. The third-order valence-corrected chi connectivity index (χ3v) is 3.25. The van der Waals surface area contributed by atoms with Crippen molar-refractivity contribution in [1.82, 2.24) is 5.48 Å². The number of nitrogens with one attached hydrogen (secondary N) is 1. The first kappa shape index (κ1) is 11.7. The lowest BCUT2D eigenvalue weighted by Gasteiger charge is -2.04. The highest BCUT2D eigenvalue weighted by molar-refractivity contribution is 6.35. The van der Waals surface area contributed by atoms with Crippen LogP contribution in [0.1, 0.15) is 17.9 Å². The monoisotopic (exact) mass is 259 g/mol. The van der Waals surface area contributed by atoms with E-state index in [2.05, 4.69) is 10.3 Å². The summed E-state index contributed by atoms with van der Waals surface area (Å²) in [5, 5.41) is 1.22. The van der Waals surface area contributed by atoms with Gasteiger partial charge in [0.05, 0.1) is 7.11 Å². The van der Waals surface area contributed by atoms with Crippen LogP contribution in [0.25, 0.3) is 0 Å². The quantitative estimate of drug-likeness (QED) is 0.848. The molecule has 1 saturated carbocycles. The van der Waals surface area contributed by atoms with Crippen molar-refractivity contribution in [2.45, 2.75) is 12.3 Å². The topological polar surface area (TPSA) is 38.3 Å². The Hall–Kier alpha value is -0.770. The summed E-state index contributed by atoms with van der Waals surface area (Å²) in [4.78, 5) is 16.0. The molecule has 1 amide bonds. The Balaban J connectivity index is 2.08. The minimum Gasteiger partial charge on any atom is -0.277 e. The van der Waals surface area contributed by atoms with E-state index in [4.69, 9.17) is 23.2 Å². The zero-order valence-electron chi connectivity index (χ0n) is 8.67. The molecular formula is C11H11Cl2NO2. The smallest absolute Gasteiger partial charge is 0.247 e. The van der Waals surface area contributed by atoms with Crippen molar-refractivity contribution in [2.24, 2.45) is 5.92 Å². The summed E-state index contributed by atoms with van der Waals surface area (Å²) in [5.41, 5.74) is 3.30. The Bertz CT molecular complexity index is 422. The average molecular weight is 260 g/mol. The molecule has 0 aliphatic heterocycles. The van der Waals surface area contributed by atoms with E-state index in [1.165, 1.54) is 7.11 Å². The molecule has 0 radical (unpaired) electrons. The van der Waals surface area contributed by atoms with Gasteiger partial charge >= 0.3 is 0 Å². The number of carbonyl (C=O) groups is 1. The Morgan fingerprint density at radius 1 is 1.50 bits per heavy atom. The van der Waals surface area contributed by atoms with Gasteiger partial charge in [-0.05, 0) is 30.0 Å². The highest BCUT2D eigenvalue weighted by atomic mass is 35.5. The van der Waals surface area contributed by atoms with Gasteiger partial charge in [0, 0.05) is 16.0 Å². The first-order chi connectivity index (χ1) is 7.63. The second kappa shape index (κ2) is 4.62. The van der Waals surface area contributed by atoms with Gasteiger partial charge in [-0.3, -0.25) is 9.63 Å². The SMILES string of the molecule is CONC(=O)C1CC1c1ccc(Cl)cc1Cl. The molecule has 1 aliphatic rings. The van der Waals surface area contributed by atoms with Crippen LogP contribution in [0, 0.1) is 5.92 Å². The molecule has 5 heteroatoms. The van der Waals surface area contributed by atoms with Crippen LogP contribution < -0.4 is 5.48 Å². The predicted molar refractivity (Wildman–Crippen MR) is 62.5 cm³/mol. The Labute approximate surface area is 104 Å². The van der Waals surface area contributed by atoms with E-state index >= 15 is 0 Å². The number of benzene rings is 1. The summed E-state index contributed by atoms with van der Waals surface area (Å²) in [7, 11) is 1.42. The van der Waals surface area contributed by atoms with Gasteiger partial charge in [-0.1, -0.05) is 29.3 Å². The van der Waals surface area contributed by atoms with Gasteiger partial charge in [0.1, 0.15) is 0 Å². The second-order valence-electron chi connectivity index (χ2n) is 3.78. The molecule has 2 rings (SSSR count). The van der Waals surface area contributed by atoms with E-state index < -0.39 is 0 Å². The molecule has 1 aliphatic carbocycles. The molecule has 1 aromatic carbocycles. The van der Waals surface area contributed by atoms with Crippen molar-refractivity contribution >= 4 is 29.1 Å². The van der Waals surface area contributed by atoms with Crippen molar-refractivity contribution in [1.29, 1.82) is 0 Å². The molecular weight excluding hydrogens is 249 g/mol. The van der Waals surface area contributed by atoms with Gasteiger partial charge in [-0.25, -0.2) is 5.48 Å². The fourth-order valence-electron chi connectivity index (χ4n) is 1.81. The number of amides is 1. The first-order valence-electron chi connectivity index (χ1n) is 4.91. The molecule has 86 valence electrons. The van der Waals surface area contributed by atoms with Crippen molar-refractivity contribution in [3.63, 3.8) is 0 Å². The third kappa shape index (κ3) is 2.32. The van der Waals surface area contributed by atoms with Gasteiger partial charge < -0.3 is 0 Å². The van der Waals surface area contributed by atoms with Crippen LogP contribution in [0.5, 0.6) is 0 Å². The summed E-state index contributed by atoms with van der Waals surface area (Å²) in [6.45, 7) is 0. The fourth-order valence-corrected chi connectivity index (χ4v) is 2.36. The molecule has 2 atom stereocenters. The Kier molecular flexibility index (Phi) is 3.38. The summed E-state index contributed by atoms with van der Waals surface area (Å²) in [5.74, 6) is 0.0389. The molecule has 1 N–H and O–H groups in total. The largest absolute Gasteiger partial charge is 0.277 e. The van der Waals surface area contributed by atoms with Crippen molar-refractivity contribution < 1.29 is 9.63 Å². The third-order valence-electron chi connectivity index (χ3n) is 2.69. The van der Waals surface area contributed by atoms with E-state index in [1.54, 1.807) is 12.1 Å². The van der Waals surface area contributed by atoms with E-state index in [-0.39, 0.29) is 17.7 Å². The number of halogens is 2. The highest BCUT2D eigenvalue weighted by Crippen LogP contribution is 2.49. The molecule has 0 heterocycles. The van der Waals surface area contributed by atoms with Gasteiger partial charge in [-0.2, -0.15) is 0 Å². The number of hydrogen-bond donors (Lipinski definition) is 1. The summed E-state index contributed by atoms with van der Waals surface area (Å²) in [6.07, 6.45) is 0.802. The molecule has 0 spiro atoms. The van der Waals surface area contributed by atoms with E-state index in [9.17, 15) is 4.79 Å². The molecule has 16 heavy (non-hydrogen) atoms. The first-order valence-corrected chi connectivity index (χ1v) is 5.67. The van der Waals surface area contributed by atoms with Crippen molar-refractivity contribution in [2.75, 3.05) is 7.11 Å². The van der Waals surface area contributed by atoms with Gasteiger partial charge in [0.2, 0.25) is 5.91 Å². The number of carbonyl (C=O) groups excluding carboxylic acids is 1. The molecule has 3 nitrogen and oxygen atoms in total. The fraction of sp³-hybridized carbons (Fsp3) is 0.364. The van der Waals surface area contributed by atoms with E-state index in [1.807, 2.05) is 6.07 Å². The predicted octanol–water partition coefficient (Wildman–Crippen LogP) is 2.77. The Morgan fingerprint density at radius 3 is 2.88 bits per heavy atom. The van der Waals surface area contributed by atoms with Gasteiger partial charge in [-0.15, -0.1) is 0 Å². The molecule has 1 fully saturated rings.